The predicted molar refractivity (Wildman–Crippen MR) is 93.5 cm³/mol. The second-order valence-electron chi connectivity index (χ2n) is 6.34. The van der Waals surface area contributed by atoms with Crippen LogP contribution in [0.2, 0.25) is 0 Å². The molecule has 3 N–H and O–H groups in total. The Bertz CT molecular complexity index is 729. The summed E-state index contributed by atoms with van der Waals surface area (Å²) >= 11 is 0. The second-order valence-corrected chi connectivity index (χ2v) is 6.34. The largest absolute Gasteiger partial charge is 0.352 e. The van der Waals surface area contributed by atoms with Gasteiger partial charge in [-0.1, -0.05) is 24.3 Å². The molecule has 1 saturated heterocycles. The van der Waals surface area contributed by atoms with Crippen molar-refractivity contribution >= 4 is 11.9 Å². The monoisotopic (exact) mass is 341 g/mol. The number of carbonyl (C=O) groups excluding carboxylic acids is 2. The molecule has 25 heavy (non-hydrogen) atoms. The molecule has 2 heterocycles. The van der Waals surface area contributed by atoms with E-state index in [2.05, 4.69) is 16.4 Å². The third-order valence-electron chi connectivity index (χ3n) is 4.59. The zero-order valence-corrected chi connectivity index (χ0v) is 14.1. The van der Waals surface area contributed by atoms with Crippen molar-refractivity contribution in [3.63, 3.8) is 0 Å². The third-order valence-corrected chi connectivity index (χ3v) is 4.59. The predicted octanol–water partition coefficient (Wildman–Crippen LogP) is 1.34. The fourth-order valence-electron chi connectivity index (χ4n) is 3.18. The standard InChI is InChI=1S/C18H23N5O2/c19-18(25)23-8-3-6-16(12-23)17(24)21-10-14-4-1-2-5-15(14)11-22-9-7-20-13-22/h1-2,4-5,7,9,13,16H,3,6,8,10-12H2,(H2,19,25)(H,21,24). The van der Waals surface area contributed by atoms with Gasteiger partial charge >= 0.3 is 6.03 Å². The van der Waals surface area contributed by atoms with Gasteiger partial charge in [-0.25, -0.2) is 9.78 Å². The topological polar surface area (TPSA) is 93.3 Å². The first-order valence-electron chi connectivity index (χ1n) is 8.48. The summed E-state index contributed by atoms with van der Waals surface area (Å²) in [6, 6.07) is 7.57. The molecule has 1 aliphatic heterocycles. The van der Waals surface area contributed by atoms with Crippen LogP contribution in [0.15, 0.2) is 43.0 Å². The number of rotatable bonds is 5. The van der Waals surface area contributed by atoms with E-state index in [0.29, 0.717) is 26.2 Å². The summed E-state index contributed by atoms with van der Waals surface area (Å²) in [6.45, 7) is 2.21. The summed E-state index contributed by atoms with van der Waals surface area (Å²) in [5.41, 5.74) is 7.54. The van der Waals surface area contributed by atoms with Gasteiger partial charge in [0.1, 0.15) is 0 Å². The Morgan fingerprint density at radius 3 is 2.80 bits per heavy atom. The van der Waals surface area contributed by atoms with Crippen molar-refractivity contribution in [1.82, 2.24) is 19.8 Å². The number of hydrogen-bond donors (Lipinski definition) is 2. The van der Waals surface area contributed by atoms with Gasteiger partial charge in [0.05, 0.1) is 12.2 Å². The zero-order chi connectivity index (χ0) is 17.6. The Morgan fingerprint density at radius 1 is 1.28 bits per heavy atom. The molecule has 0 bridgehead atoms. The van der Waals surface area contributed by atoms with Crippen LogP contribution in [0.25, 0.3) is 0 Å². The summed E-state index contributed by atoms with van der Waals surface area (Å²) in [6.07, 6.45) is 7.02. The molecular weight excluding hydrogens is 318 g/mol. The van der Waals surface area contributed by atoms with Crippen LogP contribution in [0.3, 0.4) is 0 Å². The fourth-order valence-corrected chi connectivity index (χ4v) is 3.18. The van der Waals surface area contributed by atoms with E-state index >= 15 is 0 Å². The van der Waals surface area contributed by atoms with Gasteiger partial charge in [0.25, 0.3) is 0 Å². The van der Waals surface area contributed by atoms with E-state index in [1.54, 1.807) is 17.4 Å². The van der Waals surface area contributed by atoms with Crippen LogP contribution in [-0.4, -0.2) is 39.5 Å². The molecule has 1 aromatic carbocycles. The molecule has 0 saturated carbocycles. The molecule has 1 atom stereocenters. The minimum absolute atomic E-state index is 0.0246. The molecular formula is C18H23N5O2. The van der Waals surface area contributed by atoms with E-state index in [9.17, 15) is 9.59 Å². The van der Waals surface area contributed by atoms with Crippen LogP contribution in [0.1, 0.15) is 24.0 Å². The average molecular weight is 341 g/mol. The molecule has 1 aromatic heterocycles. The zero-order valence-electron chi connectivity index (χ0n) is 14.1. The van der Waals surface area contributed by atoms with Crippen molar-refractivity contribution in [1.29, 1.82) is 0 Å². The Labute approximate surface area is 146 Å². The van der Waals surface area contributed by atoms with Gasteiger partial charge in [0, 0.05) is 38.6 Å². The number of aromatic nitrogens is 2. The first-order valence-corrected chi connectivity index (χ1v) is 8.48. The highest BCUT2D eigenvalue weighted by Crippen LogP contribution is 2.17. The number of nitrogens with one attached hydrogen (secondary N) is 1. The lowest BCUT2D eigenvalue weighted by atomic mass is 9.97. The van der Waals surface area contributed by atoms with Crippen LogP contribution < -0.4 is 11.1 Å². The molecule has 7 heteroatoms. The van der Waals surface area contributed by atoms with Gasteiger partial charge in [-0.2, -0.15) is 0 Å². The first kappa shape index (κ1) is 17.0. The van der Waals surface area contributed by atoms with Gasteiger partial charge < -0.3 is 20.5 Å². The van der Waals surface area contributed by atoms with Crippen molar-refractivity contribution in [3.05, 3.63) is 54.1 Å². The number of piperidine rings is 1. The van der Waals surface area contributed by atoms with E-state index < -0.39 is 6.03 Å². The number of likely N-dealkylation sites (tertiary alicyclic amines) is 1. The molecule has 1 unspecified atom stereocenters. The molecule has 0 aliphatic carbocycles. The Kier molecular flexibility index (Phi) is 5.33. The number of hydrogen-bond acceptors (Lipinski definition) is 3. The minimum atomic E-state index is -0.455. The number of carbonyl (C=O) groups is 2. The van der Waals surface area contributed by atoms with Crippen molar-refractivity contribution in [3.8, 4) is 0 Å². The highest BCUT2D eigenvalue weighted by molar-refractivity contribution is 5.80. The number of primary amides is 1. The summed E-state index contributed by atoms with van der Waals surface area (Å²) < 4.78 is 1.99. The Balaban J connectivity index is 1.59. The lowest BCUT2D eigenvalue weighted by Crippen LogP contribution is -2.47. The maximum Gasteiger partial charge on any atom is 0.314 e. The van der Waals surface area contributed by atoms with Gasteiger partial charge in [-0.15, -0.1) is 0 Å². The first-order chi connectivity index (χ1) is 12.1. The van der Waals surface area contributed by atoms with Crippen molar-refractivity contribution < 1.29 is 9.59 Å². The lowest BCUT2D eigenvalue weighted by Gasteiger charge is -2.30. The summed E-state index contributed by atoms with van der Waals surface area (Å²) in [5, 5.41) is 3.01. The van der Waals surface area contributed by atoms with Gasteiger partial charge in [0.2, 0.25) is 5.91 Å². The third kappa shape index (κ3) is 4.37. The highest BCUT2D eigenvalue weighted by atomic mass is 16.2. The number of amides is 3. The van der Waals surface area contributed by atoms with E-state index in [-0.39, 0.29) is 11.8 Å². The smallest absolute Gasteiger partial charge is 0.314 e. The maximum absolute atomic E-state index is 12.5. The fraction of sp³-hybridized carbons (Fsp3) is 0.389. The van der Waals surface area contributed by atoms with Crippen molar-refractivity contribution in [2.75, 3.05) is 13.1 Å². The molecule has 3 amide bonds. The van der Waals surface area contributed by atoms with Crippen LogP contribution in [0.5, 0.6) is 0 Å². The molecule has 3 rings (SSSR count). The SMILES string of the molecule is NC(=O)N1CCCC(C(=O)NCc2ccccc2Cn2ccnc2)C1. The van der Waals surface area contributed by atoms with Gasteiger partial charge in [-0.05, 0) is 24.0 Å². The lowest BCUT2D eigenvalue weighted by molar-refractivity contribution is -0.126. The normalized spacial score (nSPS) is 17.3. The highest BCUT2D eigenvalue weighted by Gasteiger charge is 2.27. The maximum atomic E-state index is 12.5. The van der Waals surface area contributed by atoms with Crippen molar-refractivity contribution in [2.45, 2.75) is 25.9 Å². The van der Waals surface area contributed by atoms with Gasteiger partial charge in [-0.3, -0.25) is 4.79 Å². The van der Waals surface area contributed by atoms with E-state index in [0.717, 1.165) is 24.0 Å². The van der Waals surface area contributed by atoms with E-state index in [1.807, 2.05) is 29.0 Å². The van der Waals surface area contributed by atoms with Crippen LogP contribution >= 0.6 is 0 Å². The van der Waals surface area contributed by atoms with Gasteiger partial charge in [0.15, 0.2) is 0 Å². The minimum Gasteiger partial charge on any atom is -0.352 e. The van der Waals surface area contributed by atoms with Crippen LogP contribution in [0, 0.1) is 5.92 Å². The Hall–Kier alpha value is -2.83. The Morgan fingerprint density at radius 2 is 2.08 bits per heavy atom. The summed E-state index contributed by atoms with van der Waals surface area (Å²) in [4.78, 5) is 29.4. The molecule has 7 nitrogen and oxygen atoms in total. The summed E-state index contributed by atoms with van der Waals surface area (Å²) in [5.74, 6) is -0.217. The van der Waals surface area contributed by atoms with E-state index in [1.165, 1.54) is 0 Å². The van der Waals surface area contributed by atoms with Crippen molar-refractivity contribution in [2.24, 2.45) is 11.7 Å². The molecule has 132 valence electrons. The number of nitrogens with two attached hydrogens (primary N) is 1. The number of nitrogens with zero attached hydrogens (tertiary/aromatic N) is 3. The number of imidazole rings is 1. The molecule has 1 fully saturated rings. The quantitative estimate of drug-likeness (QED) is 0.859. The molecule has 0 radical (unpaired) electrons. The molecule has 0 spiro atoms. The van der Waals surface area contributed by atoms with E-state index in [4.69, 9.17) is 5.73 Å². The number of benzene rings is 1. The summed E-state index contributed by atoms with van der Waals surface area (Å²) in [7, 11) is 0. The van der Waals surface area contributed by atoms with Crippen LogP contribution in [-0.2, 0) is 17.9 Å². The molecule has 1 aliphatic rings. The second kappa shape index (κ2) is 7.83. The number of urea groups is 1. The molecule has 2 aromatic rings. The van der Waals surface area contributed by atoms with Crippen LogP contribution in [0.4, 0.5) is 4.79 Å². The average Bonchev–Trinajstić information content (AvgIpc) is 3.14.